The van der Waals surface area contributed by atoms with Crippen molar-refractivity contribution in [3.05, 3.63) is 18.2 Å². The van der Waals surface area contributed by atoms with Gasteiger partial charge < -0.3 is 19.3 Å². The molecule has 1 aromatic rings. The molecule has 29 heavy (non-hydrogen) atoms. The summed E-state index contributed by atoms with van der Waals surface area (Å²) in [7, 11) is 0. The van der Waals surface area contributed by atoms with Gasteiger partial charge in [-0.05, 0) is 64.5 Å². The third-order valence-electron chi connectivity index (χ3n) is 6.85. The molecule has 0 aromatic carbocycles. The molecule has 1 amide bonds. The molecule has 2 aliphatic heterocycles. The third kappa shape index (κ3) is 3.99. The summed E-state index contributed by atoms with van der Waals surface area (Å²) in [6, 6.07) is 0.614. The summed E-state index contributed by atoms with van der Waals surface area (Å²) in [5.74, 6) is 1.12. The lowest BCUT2D eigenvalue weighted by atomic mass is 9.64. The van der Waals surface area contributed by atoms with Gasteiger partial charge in [-0.2, -0.15) is 0 Å². The van der Waals surface area contributed by atoms with Crippen molar-refractivity contribution >= 4 is 12.2 Å². The summed E-state index contributed by atoms with van der Waals surface area (Å²) < 4.78 is 11.9. The van der Waals surface area contributed by atoms with Gasteiger partial charge in [-0.3, -0.25) is 0 Å². The first kappa shape index (κ1) is 20.2. The molecule has 8 nitrogen and oxygen atoms in total. The molecule has 4 rings (SSSR count). The molecule has 0 radical (unpaired) electrons. The zero-order valence-electron chi connectivity index (χ0n) is 17.5. The maximum Gasteiger partial charge on any atom is 0.419 e. The average Bonchev–Trinajstić information content (AvgIpc) is 3.35. The highest BCUT2D eigenvalue weighted by Crippen LogP contribution is 2.51. The van der Waals surface area contributed by atoms with E-state index < -0.39 is 0 Å². The van der Waals surface area contributed by atoms with Crippen molar-refractivity contribution < 1.29 is 19.1 Å². The number of hydrogen-bond donors (Lipinski definition) is 0. The molecule has 0 bridgehead atoms. The molecule has 3 aliphatic rings. The highest BCUT2D eigenvalue weighted by molar-refractivity contribution is 5.71. The fourth-order valence-corrected chi connectivity index (χ4v) is 5.32. The second-order valence-corrected chi connectivity index (χ2v) is 8.60. The van der Waals surface area contributed by atoms with E-state index in [0.717, 1.165) is 51.3 Å². The number of rotatable bonds is 4. The molecule has 0 N–H and O–H groups in total. The van der Waals surface area contributed by atoms with Crippen LogP contribution in [0.4, 0.5) is 9.59 Å². The lowest BCUT2D eigenvalue weighted by Crippen LogP contribution is -2.54. The highest BCUT2D eigenvalue weighted by Gasteiger charge is 2.51. The molecule has 0 atom stereocenters. The van der Waals surface area contributed by atoms with Crippen LogP contribution in [0.15, 0.2) is 12.4 Å². The van der Waals surface area contributed by atoms with Crippen molar-refractivity contribution in [2.24, 2.45) is 5.41 Å². The monoisotopic (exact) mass is 404 g/mol. The predicted molar refractivity (Wildman–Crippen MR) is 107 cm³/mol. The van der Waals surface area contributed by atoms with E-state index in [2.05, 4.69) is 9.88 Å². The number of ether oxygens (including phenoxy) is 2. The van der Waals surface area contributed by atoms with Crippen LogP contribution in [0.3, 0.4) is 0 Å². The summed E-state index contributed by atoms with van der Waals surface area (Å²) in [4.78, 5) is 33.0. The Morgan fingerprint density at radius 2 is 1.79 bits per heavy atom. The Bertz CT molecular complexity index is 735. The van der Waals surface area contributed by atoms with E-state index >= 15 is 0 Å². The van der Waals surface area contributed by atoms with Gasteiger partial charge in [-0.1, -0.05) is 0 Å². The van der Waals surface area contributed by atoms with E-state index in [4.69, 9.17) is 9.47 Å². The van der Waals surface area contributed by atoms with Crippen molar-refractivity contribution in [2.75, 3.05) is 39.4 Å². The number of aromatic nitrogens is 2. The van der Waals surface area contributed by atoms with Crippen molar-refractivity contribution in [2.45, 2.75) is 57.9 Å². The largest absolute Gasteiger partial charge is 0.450 e. The quantitative estimate of drug-likeness (QED) is 0.768. The average molecular weight is 405 g/mol. The van der Waals surface area contributed by atoms with Crippen LogP contribution in [-0.4, -0.2) is 77.0 Å². The molecule has 3 fully saturated rings. The first-order chi connectivity index (χ1) is 14.0. The lowest BCUT2D eigenvalue weighted by molar-refractivity contribution is -0.00519. The first-order valence-electron chi connectivity index (χ1n) is 10.9. The third-order valence-corrected chi connectivity index (χ3v) is 6.85. The summed E-state index contributed by atoms with van der Waals surface area (Å²) in [6.07, 6.45) is 8.34. The summed E-state index contributed by atoms with van der Waals surface area (Å²) in [5, 5.41) is 0. The smallest absolute Gasteiger partial charge is 0.419 e. The standard InChI is InChI=1S/C21H32N4O4/c1-3-28-19(26)24-11-7-21(15-24)13-17(14-21)23-9-5-16(6-10-23)18-22-8-12-25(18)20(27)29-4-2/h8,12,16-17H,3-7,9-11,13-15H2,1-2H3. The molecular formula is C21H32N4O4. The van der Waals surface area contributed by atoms with Crippen LogP contribution in [0.2, 0.25) is 0 Å². The van der Waals surface area contributed by atoms with E-state index in [0.29, 0.717) is 30.6 Å². The van der Waals surface area contributed by atoms with E-state index in [1.165, 1.54) is 12.8 Å². The van der Waals surface area contributed by atoms with Gasteiger partial charge in [0.1, 0.15) is 5.82 Å². The van der Waals surface area contributed by atoms with E-state index in [1.54, 1.807) is 17.0 Å². The van der Waals surface area contributed by atoms with Gasteiger partial charge in [0.25, 0.3) is 0 Å². The van der Waals surface area contributed by atoms with Crippen molar-refractivity contribution in [1.82, 2.24) is 19.4 Å². The molecule has 8 heteroatoms. The topological polar surface area (TPSA) is 76.9 Å². The Morgan fingerprint density at radius 1 is 1.10 bits per heavy atom. The SMILES string of the molecule is CCOC(=O)N1CCC2(CC(N3CCC(c4nccn4C(=O)OCC)CC3)C2)C1. The highest BCUT2D eigenvalue weighted by atomic mass is 16.6. The Morgan fingerprint density at radius 3 is 2.48 bits per heavy atom. The van der Waals surface area contributed by atoms with Crippen LogP contribution in [0.25, 0.3) is 0 Å². The van der Waals surface area contributed by atoms with E-state index in [9.17, 15) is 9.59 Å². The number of hydrogen-bond acceptors (Lipinski definition) is 6. The van der Waals surface area contributed by atoms with Gasteiger partial charge in [0, 0.05) is 37.4 Å². The summed E-state index contributed by atoms with van der Waals surface area (Å²) >= 11 is 0. The fourth-order valence-electron chi connectivity index (χ4n) is 5.32. The van der Waals surface area contributed by atoms with Crippen LogP contribution >= 0.6 is 0 Å². The molecule has 1 spiro atoms. The fraction of sp³-hybridized carbons (Fsp3) is 0.762. The maximum absolute atomic E-state index is 12.1. The van der Waals surface area contributed by atoms with Crippen LogP contribution in [0, 0.1) is 5.41 Å². The molecule has 1 aliphatic carbocycles. The van der Waals surface area contributed by atoms with Gasteiger partial charge >= 0.3 is 12.2 Å². The van der Waals surface area contributed by atoms with Crippen molar-refractivity contribution in [3.63, 3.8) is 0 Å². The Labute approximate surface area is 172 Å². The van der Waals surface area contributed by atoms with Crippen molar-refractivity contribution in [3.8, 4) is 0 Å². The molecular weight excluding hydrogens is 372 g/mol. The number of carbonyl (C=O) groups is 2. The van der Waals surface area contributed by atoms with Crippen LogP contribution in [0.1, 0.15) is 57.7 Å². The zero-order chi connectivity index (χ0) is 20.4. The minimum atomic E-state index is -0.337. The van der Waals surface area contributed by atoms with Gasteiger partial charge in [0.2, 0.25) is 0 Å². The predicted octanol–water partition coefficient (Wildman–Crippen LogP) is 3.08. The normalized spacial score (nSPS) is 27.8. The van der Waals surface area contributed by atoms with Crippen molar-refractivity contribution in [1.29, 1.82) is 0 Å². The zero-order valence-corrected chi connectivity index (χ0v) is 17.5. The van der Waals surface area contributed by atoms with E-state index in [1.807, 2.05) is 18.7 Å². The van der Waals surface area contributed by atoms with Crippen LogP contribution in [0.5, 0.6) is 0 Å². The first-order valence-corrected chi connectivity index (χ1v) is 10.9. The van der Waals surface area contributed by atoms with E-state index in [-0.39, 0.29) is 12.2 Å². The maximum atomic E-state index is 12.1. The number of carbonyl (C=O) groups excluding carboxylic acids is 2. The summed E-state index contributed by atoms with van der Waals surface area (Å²) in [6.45, 7) is 8.20. The lowest BCUT2D eigenvalue weighted by Gasteiger charge is -2.51. The molecule has 160 valence electrons. The summed E-state index contributed by atoms with van der Waals surface area (Å²) in [5.41, 5.74) is 0.300. The number of amides is 1. The minimum absolute atomic E-state index is 0.161. The second-order valence-electron chi connectivity index (χ2n) is 8.60. The second kappa shape index (κ2) is 8.34. The Hall–Kier alpha value is -2.09. The molecule has 1 aromatic heterocycles. The number of piperidine rings is 1. The number of likely N-dealkylation sites (tertiary alicyclic amines) is 2. The molecule has 0 unspecified atom stereocenters. The van der Waals surface area contributed by atoms with Gasteiger partial charge in [0.15, 0.2) is 0 Å². The molecule has 3 heterocycles. The molecule has 2 saturated heterocycles. The Balaban J connectivity index is 1.26. The number of nitrogens with zero attached hydrogens (tertiary/aromatic N) is 4. The van der Waals surface area contributed by atoms with Gasteiger partial charge in [-0.15, -0.1) is 0 Å². The number of imidazole rings is 1. The Kier molecular flexibility index (Phi) is 5.81. The molecule has 1 saturated carbocycles. The minimum Gasteiger partial charge on any atom is -0.450 e. The van der Waals surface area contributed by atoms with Gasteiger partial charge in [-0.25, -0.2) is 19.1 Å². The van der Waals surface area contributed by atoms with Crippen LogP contribution < -0.4 is 0 Å². The van der Waals surface area contributed by atoms with Crippen LogP contribution in [-0.2, 0) is 9.47 Å². The van der Waals surface area contributed by atoms with Gasteiger partial charge in [0.05, 0.1) is 13.2 Å².